The van der Waals surface area contributed by atoms with E-state index in [1.165, 1.54) is 12.1 Å². The number of halogens is 1. The number of aromatic nitrogens is 2. The monoisotopic (exact) mass is 233 g/mol. The van der Waals surface area contributed by atoms with Crippen LogP contribution in [0.3, 0.4) is 0 Å². The van der Waals surface area contributed by atoms with Crippen molar-refractivity contribution < 1.29 is 4.39 Å². The Hall–Kier alpha value is -1.68. The van der Waals surface area contributed by atoms with Gasteiger partial charge < -0.3 is 10.3 Å². The van der Waals surface area contributed by atoms with E-state index in [2.05, 4.69) is 4.98 Å². The van der Waals surface area contributed by atoms with Gasteiger partial charge in [-0.2, -0.15) is 0 Å². The van der Waals surface area contributed by atoms with Gasteiger partial charge in [-0.25, -0.2) is 9.37 Å². The van der Waals surface area contributed by atoms with Crippen LogP contribution in [0.15, 0.2) is 36.8 Å². The van der Waals surface area contributed by atoms with Crippen molar-refractivity contribution in [3.63, 3.8) is 0 Å². The van der Waals surface area contributed by atoms with Gasteiger partial charge in [0.1, 0.15) is 5.82 Å². The van der Waals surface area contributed by atoms with Gasteiger partial charge in [-0.3, -0.25) is 0 Å². The van der Waals surface area contributed by atoms with E-state index in [9.17, 15) is 4.39 Å². The molecule has 0 saturated carbocycles. The van der Waals surface area contributed by atoms with E-state index in [1.54, 1.807) is 24.7 Å². The summed E-state index contributed by atoms with van der Waals surface area (Å²) in [7, 11) is 0. The Bertz CT molecular complexity index is 488. The lowest BCUT2D eigenvalue weighted by atomic mass is 10.1. The molecular formula is C13H16FN3. The van der Waals surface area contributed by atoms with Crippen molar-refractivity contribution in [2.24, 2.45) is 5.73 Å². The van der Waals surface area contributed by atoms with Crippen molar-refractivity contribution in [2.45, 2.75) is 25.9 Å². The highest BCUT2D eigenvalue weighted by Gasteiger charge is 2.13. The average molecular weight is 233 g/mol. The van der Waals surface area contributed by atoms with Gasteiger partial charge in [0.2, 0.25) is 0 Å². The van der Waals surface area contributed by atoms with Gasteiger partial charge in [-0.1, -0.05) is 12.1 Å². The number of benzene rings is 1. The smallest absolute Gasteiger partial charge is 0.123 e. The fourth-order valence-corrected chi connectivity index (χ4v) is 1.89. The Kier molecular flexibility index (Phi) is 3.24. The molecule has 0 radical (unpaired) electrons. The maximum Gasteiger partial charge on any atom is 0.123 e. The van der Waals surface area contributed by atoms with Crippen LogP contribution >= 0.6 is 0 Å². The molecule has 1 aromatic heterocycles. The maximum atomic E-state index is 12.9. The quantitative estimate of drug-likeness (QED) is 0.885. The Labute approximate surface area is 100 Å². The zero-order chi connectivity index (χ0) is 12.4. The van der Waals surface area contributed by atoms with E-state index < -0.39 is 0 Å². The van der Waals surface area contributed by atoms with Crippen LogP contribution in [0.25, 0.3) is 0 Å². The summed E-state index contributed by atoms with van der Waals surface area (Å²) < 4.78 is 14.9. The molecule has 0 aliphatic rings. The van der Waals surface area contributed by atoms with Gasteiger partial charge in [0, 0.05) is 12.2 Å². The van der Waals surface area contributed by atoms with Crippen LogP contribution < -0.4 is 5.73 Å². The molecular weight excluding hydrogens is 217 g/mol. The summed E-state index contributed by atoms with van der Waals surface area (Å²) in [4.78, 5) is 4.12. The topological polar surface area (TPSA) is 43.8 Å². The Balaban J connectivity index is 2.33. The minimum absolute atomic E-state index is 0.0691. The van der Waals surface area contributed by atoms with Crippen molar-refractivity contribution >= 4 is 0 Å². The minimum Gasteiger partial charge on any atom is -0.326 e. The van der Waals surface area contributed by atoms with Crippen LogP contribution in [0.1, 0.15) is 37.2 Å². The number of imidazole rings is 1. The number of nitrogens with zero attached hydrogens (tertiary/aromatic N) is 2. The lowest BCUT2D eigenvalue weighted by Crippen LogP contribution is -2.15. The molecule has 0 saturated heterocycles. The first-order valence-electron chi connectivity index (χ1n) is 5.62. The number of hydrogen-bond donors (Lipinski definition) is 1. The molecule has 3 nitrogen and oxygen atoms in total. The summed E-state index contributed by atoms with van der Waals surface area (Å²) in [5.74, 6) is -0.223. The second kappa shape index (κ2) is 4.67. The van der Waals surface area contributed by atoms with Crippen LogP contribution in [0.2, 0.25) is 0 Å². The van der Waals surface area contributed by atoms with Crippen molar-refractivity contribution in [2.75, 3.05) is 0 Å². The van der Waals surface area contributed by atoms with Gasteiger partial charge in [0.15, 0.2) is 0 Å². The van der Waals surface area contributed by atoms with E-state index in [-0.39, 0.29) is 17.9 Å². The summed E-state index contributed by atoms with van der Waals surface area (Å²) in [6, 6.07) is 6.53. The molecule has 0 aliphatic heterocycles. The van der Waals surface area contributed by atoms with Crippen LogP contribution in [0, 0.1) is 5.82 Å². The molecule has 17 heavy (non-hydrogen) atoms. The summed E-state index contributed by atoms with van der Waals surface area (Å²) >= 11 is 0. The van der Waals surface area contributed by atoms with Crippen molar-refractivity contribution in [1.82, 2.24) is 9.55 Å². The SMILES string of the molecule is CC(N)c1cncn1C(C)c1ccc(F)cc1. The molecule has 1 aromatic carbocycles. The largest absolute Gasteiger partial charge is 0.326 e. The van der Waals surface area contributed by atoms with Crippen LogP contribution in [0.4, 0.5) is 4.39 Å². The van der Waals surface area contributed by atoms with Gasteiger partial charge in [0.25, 0.3) is 0 Å². The molecule has 2 rings (SSSR count). The Morgan fingerprint density at radius 3 is 2.47 bits per heavy atom. The molecule has 0 bridgehead atoms. The molecule has 2 aromatic rings. The summed E-state index contributed by atoms with van der Waals surface area (Å²) in [5, 5.41) is 0. The maximum absolute atomic E-state index is 12.9. The highest BCUT2D eigenvalue weighted by molar-refractivity contribution is 5.21. The highest BCUT2D eigenvalue weighted by Crippen LogP contribution is 2.22. The van der Waals surface area contributed by atoms with Gasteiger partial charge >= 0.3 is 0 Å². The zero-order valence-corrected chi connectivity index (χ0v) is 9.97. The van der Waals surface area contributed by atoms with Crippen molar-refractivity contribution in [3.05, 3.63) is 53.9 Å². The lowest BCUT2D eigenvalue weighted by Gasteiger charge is -2.18. The molecule has 0 aliphatic carbocycles. The standard InChI is InChI=1S/C13H16FN3/c1-9(15)13-7-16-8-17(13)10(2)11-3-5-12(14)6-4-11/h3-10H,15H2,1-2H3. The fourth-order valence-electron chi connectivity index (χ4n) is 1.89. The molecule has 2 unspecified atom stereocenters. The van der Waals surface area contributed by atoms with E-state index in [1.807, 2.05) is 18.4 Å². The lowest BCUT2D eigenvalue weighted by molar-refractivity contribution is 0.578. The van der Waals surface area contributed by atoms with Crippen LogP contribution in [-0.4, -0.2) is 9.55 Å². The molecule has 0 amide bonds. The third-order valence-electron chi connectivity index (χ3n) is 2.93. The Morgan fingerprint density at radius 1 is 1.24 bits per heavy atom. The predicted octanol–water partition coefficient (Wildman–Crippen LogP) is 2.65. The normalized spacial score (nSPS) is 14.6. The average Bonchev–Trinajstić information content (AvgIpc) is 2.78. The molecule has 0 spiro atoms. The molecule has 90 valence electrons. The first-order valence-corrected chi connectivity index (χ1v) is 5.62. The number of nitrogens with two attached hydrogens (primary N) is 1. The zero-order valence-electron chi connectivity index (χ0n) is 9.97. The molecule has 2 atom stereocenters. The summed E-state index contributed by atoms with van der Waals surface area (Å²) in [6.45, 7) is 3.96. The van der Waals surface area contributed by atoms with E-state index in [4.69, 9.17) is 5.73 Å². The van der Waals surface area contributed by atoms with Crippen LogP contribution in [0.5, 0.6) is 0 Å². The van der Waals surface area contributed by atoms with E-state index in [0.29, 0.717) is 0 Å². The van der Waals surface area contributed by atoms with Gasteiger partial charge in [0.05, 0.1) is 18.1 Å². The number of rotatable bonds is 3. The summed E-state index contributed by atoms with van der Waals surface area (Å²) in [5.41, 5.74) is 7.89. The van der Waals surface area contributed by atoms with Crippen molar-refractivity contribution in [3.8, 4) is 0 Å². The third kappa shape index (κ3) is 2.36. The third-order valence-corrected chi connectivity index (χ3v) is 2.93. The highest BCUT2D eigenvalue weighted by atomic mass is 19.1. The fraction of sp³-hybridized carbons (Fsp3) is 0.308. The van der Waals surface area contributed by atoms with Gasteiger partial charge in [-0.15, -0.1) is 0 Å². The second-order valence-corrected chi connectivity index (χ2v) is 4.24. The van der Waals surface area contributed by atoms with Crippen molar-refractivity contribution in [1.29, 1.82) is 0 Å². The van der Waals surface area contributed by atoms with Gasteiger partial charge in [-0.05, 0) is 31.5 Å². The van der Waals surface area contributed by atoms with Crippen LogP contribution in [-0.2, 0) is 0 Å². The second-order valence-electron chi connectivity index (χ2n) is 4.24. The molecule has 0 fully saturated rings. The minimum atomic E-state index is -0.223. The first-order chi connectivity index (χ1) is 8.09. The van der Waals surface area contributed by atoms with E-state index in [0.717, 1.165) is 11.3 Å². The number of hydrogen-bond acceptors (Lipinski definition) is 2. The first kappa shape index (κ1) is 11.8. The predicted molar refractivity (Wildman–Crippen MR) is 65.0 cm³/mol. The Morgan fingerprint density at radius 2 is 1.88 bits per heavy atom. The molecule has 4 heteroatoms. The summed E-state index contributed by atoms with van der Waals surface area (Å²) in [6.07, 6.45) is 3.53. The molecule has 2 N–H and O–H groups in total. The van der Waals surface area contributed by atoms with E-state index >= 15 is 0 Å². The molecule has 1 heterocycles.